The van der Waals surface area contributed by atoms with Gasteiger partial charge in [-0.3, -0.25) is 0 Å². The van der Waals surface area contributed by atoms with Crippen LogP contribution >= 0.6 is 0 Å². The summed E-state index contributed by atoms with van der Waals surface area (Å²) in [6.45, 7) is 16.5. The lowest BCUT2D eigenvalue weighted by Crippen LogP contribution is -2.37. The van der Waals surface area contributed by atoms with Gasteiger partial charge in [0.1, 0.15) is 0 Å². The summed E-state index contributed by atoms with van der Waals surface area (Å²) in [5.41, 5.74) is 0.446. The lowest BCUT2D eigenvalue weighted by atomic mass is 9.82. The minimum absolute atomic E-state index is 0.446. The third kappa shape index (κ3) is 8.88. The minimum Gasteiger partial charge on any atom is -0.381 e. The highest BCUT2D eigenvalue weighted by atomic mass is 16.5. The lowest BCUT2D eigenvalue weighted by molar-refractivity contribution is 0.0421. The maximum Gasteiger partial charge on any atom is 0.0520 e. The molecule has 15 heavy (non-hydrogen) atoms. The van der Waals surface area contributed by atoms with Crippen LogP contribution in [0.1, 0.15) is 54.4 Å². The van der Waals surface area contributed by atoms with Crippen LogP contribution in [0.5, 0.6) is 0 Å². The first kappa shape index (κ1) is 17.3. The molecule has 1 N–H and O–H groups in total. The number of nitrogens with one attached hydrogen (secondary N) is 1. The van der Waals surface area contributed by atoms with Gasteiger partial charge in [-0.2, -0.15) is 0 Å². The van der Waals surface area contributed by atoms with Crippen LogP contribution < -0.4 is 5.32 Å². The van der Waals surface area contributed by atoms with Crippen LogP contribution in [0.3, 0.4) is 0 Å². The fourth-order valence-electron chi connectivity index (χ4n) is 1.52. The van der Waals surface area contributed by atoms with Gasteiger partial charge >= 0.3 is 0 Å². The van der Waals surface area contributed by atoms with Crippen LogP contribution in [0.4, 0.5) is 0 Å². The molecule has 0 unspecified atom stereocenters. The Morgan fingerprint density at radius 2 is 1.53 bits per heavy atom. The molecule has 94 valence electrons. The number of ether oxygens (including phenoxy) is 1. The van der Waals surface area contributed by atoms with Gasteiger partial charge in [0.05, 0.1) is 6.61 Å². The Morgan fingerprint density at radius 3 is 1.93 bits per heavy atom. The Balaban J connectivity index is 0. The van der Waals surface area contributed by atoms with Gasteiger partial charge in [0.2, 0.25) is 0 Å². The van der Waals surface area contributed by atoms with Gasteiger partial charge in [0.15, 0.2) is 0 Å². The maximum absolute atomic E-state index is 5.45. The van der Waals surface area contributed by atoms with Gasteiger partial charge in [-0.25, -0.2) is 0 Å². The van der Waals surface area contributed by atoms with Crippen molar-refractivity contribution in [1.82, 2.24) is 5.32 Å². The van der Waals surface area contributed by atoms with Crippen LogP contribution in [0, 0.1) is 5.41 Å². The molecule has 1 aliphatic rings. The summed E-state index contributed by atoms with van der Waals surface area (Å²) in [4.78, 5) is 0. The Bertz CT molecular complexity index is 109. The van der Waals surface area contributed by atoms with E-state index >= 15 is 0 Å². The van der Waals surface area contributed by atoms with Crippen LogP contribution in [-0.2, 0) is 4.74 Å². The second kappa shape index (κ2) is 12.0. The zero-order chi connectivity index (χ0) is 12.2. The fraction of sp³-hybridized carbons (Fsp3) is 1.00. The van der Waals surface area contributed by atoms with E-state index in [2.05, 4.69) is 19.2 Å². The smallest absolute Gasteiger partial charge is 0.0520 e. The third-order valence-electron chi connectivity index (χ3n) is 2.47. The van der Waals surface area contributed by atoms with Crippen molar-refractivity contribution < 1.29 is 4.74 Å². The van der Waals surface area contributed by atoms with Crippen molar-refractivity contribution in [1.29, 1.82) is 0 Å². The molecule has 0 bridgehead atoms. The summed E-state index contributed by atoms with van der Waals surface area (Å²) in [6.07, 6.45) is 2.51. The van der Waals surface area contributed by atoms with E-state index in [1.54, 1.807) is 0 Å². The highest BCUT2D eigenvalue weighted by Crippen LogP contribution is 2.27. The molecule has 2 heteroatoms. The quantitative estimate of drug-likeness (QED) is 0.781. The van der Waals surface area contributed by atoms with E-state index in [4.69, 9.17) is 4.74 Å². The molecule has 0 aromatic rings. The molecular formula is C13H31NO. The molecule has 0 amide bonds. The Labute approximate surface area is 96.8 Å². The van der Waals surface area contributed by atoms with Gasteiger partial charge < -0.3 is 10.1 Å². The lowest BCUT2D eigenvalue weighted by Gasteiger charge is -2.33. The average Bonchev–Trinajstić information content (AvgIpc) is 2.33. The Hall–Kier alpha value is -0.0800. The monoisotopic (exact) mass is 217 g/mol. The number of hydrogen-bond donors (Lipinski definition) is 1. The van der Waals surface area contributed by atoms with Crippen molar-refractivity contribution in [2.45, 2.75) is 54.4 Å². The summed E-state index contributed by atoms with van der Waals surface area (Å²) in [5.74, 6) is 0. The third-order valence-corrected chi connectivity index (χ3v) is 2.47. The van der Waals surface area contributed by atoms with Crippen molar-refractivity contribution >= 4 is 0 Å². The Kier molecular flexibility index (Phi) is 13.8. The Morgan fingerprint density at radius 1 is 1.07 bits per heavy atom. The predicted molar refractivity (Wildman–Crippen MR) is 69.4 cm³/mol. The van der Waals surface area contributed by atoms with E-state index in [9.17, 15) is 0 Å². The standard InChI is InChI=1S/C9H19NO.2C2H6/c1-3-11-8-9(2)4-6-10-7-5-9;2*1-2/h10H,3-8H2,1-2H3;2*1-2H3. The van der Waals surface area contributed by atoms with Crippen LogP contribution in [0.25, 0.3) is 0 Å². The summed E-state index contributed by atoms with van der Waals surface area (Å²) in [5, 5.41) is 3.36. The number of rotatable bonds is 3. The first-order valence-corrected chi connectivity index (χ1v) is 6.55. The summed E-state index contributed by atoms with van der Waals surface area (Å²) < 4.78 is 5.45. The summed E-state index contributed by atoms with van der Waals surface area (Å²) in [7, 11) is 0. The van der Waals surface area contributed by atoms with Crippen molar-refractivity contribution in [3.63, 3.8) is 0 Å². The fourth-order valence-corrected chi connectivity index (χ4v) is 1.52. The highest BCUT2D eigenvalue weighted by Gasteiger charge is 2.26. The highest BCUT2D eigenvalue weighted by molar-refractivity contribution is 4.79. The van der Waals surface area contributed by atoms with Gasteiger partial charge in [-0.05, 0) is 38.3 Å². The molecule has 0 radical (unpaired) electrons. The first-order valence-electron chi connectivity index (χ1n) is 6.55. The van der Waals surface area contributed by atoms with Crippen LogP contribution in [0.2, 0.25) is 0 Å². The minimum atomic E-state index is 0.446. The van der Waals surface area contributed by atoms with Crippen molar-refractivity contribution in [3.8, 4) is 0 Å². The molecule has 0 aromatic carbocycles. The van der Waals surface area contributed by atoms with E-state index in [-0.39, 0.29) is 0 Å². The van der Waals surface area contributed by atoms with Gasteiger partial charge in [-0.15, -0.1) is 0 Å². The number of piperidine rings is 1. The van der Waals surface area contributed by atoms with Crippen LogP contribution in [0.15, 0.2) is 0 Å². The van der Waals surface area contributed by atoms with E-state index in [0.717, 1.165) is 26.3 Å². The van der Waals surface area contributed by atoms with E-state index in [1.165, 1.54) is 12.8 Å². The van der Waals surface area contributed by atoms with Crippen molar-refractivity contribution in [2.24, 2.45) is 5.41 Å². The second-order valence-electron chi connectivity index (χ2n) is 3.70. The average molecular weight is 217 g/mol. The molecular weight excluding hydrogens is 186 g/mol. The second-order valence-corrected chi connectivity index (χ2v) is 3.70. The molecule has 1 aliphatic heterocycles. The molecule has 2 nitrogen and oxygen atoms in total. The van der Waals surface area contributed by atoms with Gasteiger partial charge in [0.25, 0.3) is 0 Å². The zero-order valence-electron chi connectivity index (χ0n) is 11.7. The predicted octanol–water partition coefficient (Wildman–Crippen LogP) is 3.47. The van der Waals surface area contributed by atoms with E-state index < -0.39 is 0 Å². The van der Waals surface area contributed by atoms with Gasteiger partial charge in [-0.1, -0.05) is 34.6 Å². The molecule has 1 saturated heterocycles. The maximum atomic E-state index is 5.45. The molecule has 0 aromatic heterocycles. The van der Waals surface area contributed by atoms with E-state index in [0.29, 0.717) is 5.41 Å². The first-order chi connectivity index (χ1) is 7.27. The topological polar surface area (TPSA) is 21.3 Å². The molecule has 0 atom stereocenters. The molecule has 0 saturated carbocycles. The molecule has 1 rings (SSSR count). The largest absolute Gasteiger partial charge is 0.381 e. The molecule has 0 aliphatic carbocycles. The van der Waals surface area contributed by atoms with Crippen molar-refractivity contribution in [3.05, 3.63) is 0 Å². The normalized spacial score (nSPS) is 18.0. The van der Waals surface area contributed by atoms with Gasteiger partial charge in [0, 0.05) is 6.61 Å². The molecule has 1 fully saturated rings. The van der Waals surface area contributed by atoms with Crippen LogP contribution in [-0.4, -0.2) is 26.3 Å². The molecule has 1 heterocycles. The summed E-state index contributed by atoms with van der Waals surface area (Å²) in [6, 6.07) is 0. The molecule has 0 spiro atoms. The van der Waals surface area contributed by atoms with E-state index in [1.807, 2.05) is 27.7 Å². The zero-order valence-corrected chi connectivity index (χ0v) is 11.7. The SMILES string of the molecule is CC.CC.CCOCC1(C)CCNCC1. The van der Waals surface area contributed by atoms with Crippen molar-refractivity contribution in [2.75, 3.05) is 26.3 Å². The number of hydrogen-bond acceptors (Lipinski definition) is 2. The summed E-state index contributed by atoms with van der Waals surface area (Å²) >= 11 is 0.